The third kappa shape index (κ3) is 3.74. The summed E-state index contributed by atoms with van der Waals surface area (Å²) >= 11 is 0. The number of hydrogen-bond acceptors (Lipinski definition) is 2. The lowest BCUT2D eigenvalue weighted by Crippen LogP contribution is -2.10. The van der Waals surface area contributed by atoms with Gasteiger partial charge in [0.2, 0.25) is 0 Å². The Morgan fingerprint density at radius 1 is 1.47 bits per heavy atom. The number of carboxylic acid groups (broad SMARTS) is 1. The molecule has 0 radical (unpaired) electrons. The zero-order valence-corrected chi connectivity index (χ0v) is 8.27. The molecule has 0 aliphatic rings. The van der Waals surface area contributed by atoms with Crippen molar-refractivity contribution in [2.45, 2.75) is 12.8 Å². The van der Waals surface area contributed by atoms with Crippen LogP contribution >= 0.6 is 0 Å². The van der Waals surface area contributed by atoms with Crippen molar-refractivity contribution in [2.24, 2.45) is 0 Å². The third-order valence-corrected chi connectivity index (χ3v) is 1.86. The van der Waals surface area contributed by atoms with Gasteiger partial charge < -0.3 is 9.84 Å². The van der Waals surface area contributed by atoms with Crippen LogP contribution in [0.2, 0.25) is 0 Å². The van der Waals surface area contributed by atoms with Crippen LogP contribution in [0, 0.1) is 12.3 Å². The van der Waals surface area contributed by atoms with E-state index in [1.165, 1.54) is 0 Å². The first kappa shape index (κ1) is 11.1. The molecular formula is C12H12O3. The SMILES string of the molecule is C#CCCc1ccccc1OCC(=O)O. The molecule has 0 aliphatic carbocycles. The van der Waals surface area contributed by atoms with Crippen molar-refractivity contribution in [3.63, 3.8) is 0 Å². The normalized spacial score (nSPS) is 9.27. The summed E-state index contributed by atoms with van der Waals surface area (Å²) in [7, 11) is 0. The molecule has 0 amide bonds. The lowest BCUT2D eigenvalue weighted by molar-refractivity contribution is -0.139. The Labute approximate surface area is 88.7 Å². The van der Waals surface area contributed by atoms with Gasteiger partial charge in [-0.3, -0.25) is 0 Å². The van der Waals surface area contributed by atoms with Gasteiger partial charge in [0.1, 0.15) is 5.75 Å². The highest BCUT2D eigenvalue weighted by Crippen LogP contribution is 2.19. The fraction of sp³-hybridized carbons (Fsp3) is 0.250. The Bertz CT molecular complexity index is 377. The van der Waals surface area contributed by atoms with E-state index < -0.39 is 5.97 Å². The Kier molecular flexibility index (Phi) is 4.24. The maximum absolute atomic E-state index is 10.3. The number of hydrogen-bond donors (Lipinski definition) is 1. The molecule has 0 fully saturated rings. The maximum Gasteiger partial charge on any atom is 0.341 e. The van der Waals surface area contributed by atoms with Crippen LogP contribution in [0.4, 0.5) is 0 Å². The average molecular weight is 204 g/mol. The van der Waals surface area contributed by atoms with Crippen molar-refractivity contribution in [1.29, 1.82) is 0 Å². The Morgan fingerprint density at radius 2 is 2.20 bits per heavy atom. The standard InChI is InChI=1S/C12H12O3/c1-2-3-6-10-7-4-5-8-11(10)15-9-12(13)14/h1,4-5,7-8H,3,6,9H2,(H,13,14). The molecule has 0 aliphatic heterocycles. The van der Waals surface area contributed by atoms with Crippen molar-refractivity contribution >= 4 is 5.97 Å². The van der Waals surface area contributed by atoms with Crippen molar-refractivity contribution in [3.8, 4) is 18.1 Å². The van der Waals surface area contributed by atoms with Crippen LogP contribution in [0.1, 0.15) is 12.0 Å². The monoisotopic (exact) mass is 204 g/mol. The largest absolute Gasteiger partial charge is 0.482 e. The molecule has 0 aromatic heterocycles. The molecule has 0 saturated heterocycles. The molecule has 0 saturated carbocycles. The van der Waals surface area contributed by atoms with Gasteiger partial charge in [-0.05, 0) is 18.1 Å². The molecule has 78 valence electrons. The van der Waals surface area contributed by atoms with Crippen LogP contribution in [-0.2, 0) is 11.2 Å². The summed E-state index contributed by atoms with van der Waals surface area (Å²) in [4.78, 5) is 10.3. The van der Waals surface area contributed by atoms with Gasteiger partial charge in [0.05, 0.1) is 0 Å². The van der Waals surface area contributed by atoms with E-state index in [1.807, 2.05) is 12.1 Å². The highest BCUT2D eigenvalue weighted by molar-refractivity contribution is 5.68. The molecule has 0 bridgehead atoms. The average Bonchev–Trinajstić information content (AvgIpc) is 2.24. The van der Waals surface area contributed by atoms with E-state index in [1.54, 1.807) is 12.1 Å². The first-order chi connectivity index (χ1) is 7.24. The van der Waals surface area contributed by atoms with Gasteiger partial charge in [-0.2, -0.15) is 0 Å². The minimum absolute atomic E-state index is 0.326. The molecule has 1 rings (SSSR count). The quantitative estimate of drug-likeness (QED) is 0.743. The van der Waals surface area contributed by atoms with Gasteiger partial charge in [-0.25, -0.2) is 4.79 Å². The summed E-state index contributed by atoms with van der Waals surface area (Å²) in [5.74, 6) is 2.14. The highest BCUT2D eigenvalue weighted by atomic mass is 16.5. The predicted octanol–water partition coefficient (Wildman–Crippen LogP) is 1.72. The van der Waals surface area contributed by atoms with Crippen molar-refractivity contribution in [2.75, 3.05) is 6.61 Å². The lowest BCUT2D eigenvalue weighted by atomic mass is 10.1. The summed E-state index contributed by atoms with van der Waals surface area (Å²) in [6.45, 7) is -0.326. The van der Waals surface area contributed by atoms with E-state index >= 15 is 0 Å². The second-order valence-electron chi connectivity index (χ2n) is 2.99. The van der Waals surface area contributed by atoms with Gasteiger partial charge in [0, 0.05) is 6.42 Å². The zero-order chi connectivity index (χ0) is 11.1. The van der Waals surface area contributed by atoms with Gasteiger partial charge in [-0.1, -0.05) is 18.2 Å². The van der Waals surface area contributed by atoms with Gasteiger partial charge >= 0.3 is 5.97 Å². The first-order valence-electron chi connectivity index (χ1n) is 4.60. The van der Waals surface area contributed by atoms with E-state index in [0.29, 0.717) is 18.6 Å². The zero-order valence-electron chi connectivity index (χ0n) is 8.27. The number of aryl methyl sites for hydroxylation is 1. The molecule has 1 N–H and O–H groups in total. The Morgan fingerprint density at radius 3 is 2.87 bits per heavy atom. The van der Waals surface area contributed by atoms with Gasteiger partial charge in [-0.15, -0.1) is 12.3 Å². The number of aliphatic carboxylic acids is 1. The number of para-hydroxylation sites is 1. The summed E-state index contributed by atoms with van der Waals surface area (Å²) in [6, 6.07) is 7.30. The number of carboxylic acids is 1. The lowest BCUT2D eigenvalue weighted by Gasteiger charge is -2.08. The first-order valence-corrected chi connectivity index (χ1v) is 4.60. The van der Waals surface area contributed by atoms with Gasteiger partial charge in [0.25, 0.3) is 0 Å². The molecule has 1 aromatic carbocycles. The van der Waals surface area contributed by atoms with E-state index in [9.17, 15) is 4.79 Å². The van der Waals surface area contributed by atoms with E-state index in [-0.39, 0.29) is 6.61 Å². The van der Waals surface area contributed by atoms with Crippen LogP contribution in [-0.4, -0.2) is 17.7 Å². The number of carbonyl (C=O) groups is 1. The molecular weight excluding hydrogens is 192 g/mol. The summed E-state index contributed by atoms with van der Waals surface area (Å²) in [6.07, 6.45) is 6.48. The van der Waals surface area contributed by atoms with E-state index in [2.05, 4.69) is 5.92 Å². The van der Waals surface area contributed by atoms with Crippen molar-refractivity contribution in [1.82, 2.24) is 0 Å². The molecule has 1 aromatic rings. The number of ether oxygens (including phenoxy) is 1. The molecule has 3 nitrogen and oxygen atoms in total. The molecule has 0 heterocycles. The van der Waals surface area contributed by atoms with E-state index in [0.717, 1.165) is 5.56 Å². The van der Waals surface area contributed by atoms with Crippen molar-refractivity contribution < 1.29 is 14.6 Å². The Hall–Kier alpha value is -1.95. The summed E-state index contributed by atoms with van der Waals surface area (Å²) in [5, 5.41) is 8.48. The smallest absolute Gasteiger partial charge is 0.341 e. The topological polar surface area (TPSA) is 46.5 Å². The summed E-state index contributed by atoms with van der Waals surface area (Å²) in [5.41, 5.74) is 0.941. The third-order valence-electron chi connectivity index (χ3n) is 1.86. The number of terminal acetylenes is 1. The van der Waals surface area contributed by atoms with Gasteiger partial charge in [0.15, 0.2) is 6.61 Å². The molecule has 3 heteroatoms. The number of rotatable bonds is 5. The maximum atomic E-state index is 10.3. The number of benzene rings is 1. The second-order valence-corrected chi connectivity index (χ2v) is 2.99. The fourth-order valence-electron chi connectivity index (χ4n) is 1.20. The van der Waals surface area contributed by atoms with Crippen LogP contribution in [0.25, 0.3) is 0 Å². The minimum Gasteiger partial charge on any atom is -0.482 e. The Balaban J connectivity index is 2.68. The predicted molar refractivity (Wildman–Crippen MR) is 56.7 cm³/mol. The van der Waals surface area contributed by atoms with Crippen molar-refractivity contribution in [3.05, 3.63) is 29.8 Å². The van der Waals surface area contributed by atoms with Crippen LogP contribution in [0.5, 0.6) is 5.75 Å². The molecule has 15 heavy (non-hydrogen) atoms. The second kappa shape index (κ2) is 5.71. The van der Waals surface area contributed by atoms with Crippen LogP contribution in [0.15, 0.2) is 24.3 Å². The molecule has 0 unspecified atom stereocenters. The van der Waals surface area contributed by atoms with Crippen LogP contribution < -0.4 is 4.74 Å². The highest BCUT2D eigenvalue weighted by Gasteiger charge is 2.04. The summed E-state index contributed by atoms with van der Waals surface area (Å²) < 4.78 is 5.13. The molecule has 0 spiro atoms. The van der Waals surface area contributed by atoms with Crippen LogP contribution in [0.3, 0.4) is 0 Å². The van der Waals surface area contributed by atoms with E-state index in [4.69, 9.17) is 16.3 Å². The molecule has 0 atom stereocenters. The minimum atomic E-state index is -0.984. The fourth-order valence-corrected chi connectivity index (χ4v) is 1.20.